The topological polar surface area (TPSA) is 180 Å². The summed E-state index contributed by atoms with van der Waals surface area (Å²) >= 11 is 0. The zero-order valence-electron chi connectivity index (χ0n) is 31.3. The molecular weight excluding hydrogens is 724 g/mol. The first-order valence-corrected chi connectivity index (χ1v) is 19.0. The zero-order valence-corrected chi connectivity index (χ0v) is 31.3. The second kappa shape index (κ2) is 20.6. The summed E-state index contributed by atoms with van der Waals surface area (Å²) in [6.45, 7) is 5.26. The Kier molecular flexibility index (Phi) is 14.9. The van der Waals surface area contributed by atoms with Gasteiger partial charge in [0.05, 0.1) is 70.6 Å². The van der Waals surface area contributed by atoms with Gasteiger partial charge in [-0.25, -0.2) is 4.79 Å². The molecule has 5 amide bonds. The van der Waals surface area contributed by atoms with Gasteiger partial charge in [0.15, 0.2) is 0 Å². The van der Waals surface area contributed by atoms with Crippen LogP contribution in [0.5, 0.6) is 0 Å². The Morgan fingerprint density at radius 1 is 0.661 bits per heavy atom. The van der Waals surface area contributed by atoms with E-state index >= 15 is 0 Å². The van der Waals surface area contributed by atoms with Crippen LogP contribution in [0.15, 0.2) is 66.7 Å². The first kappa shape index (κ1) is 40.5. The Balaban J connectivity index is 0.707. The van der Waals surface area contributed by atoms with Gasteiger partial charge in [0.2, 0.25) is 11.8 Å². The molecule has 0 radical (unpaired) electrons. The highest BCUT2D eigenvalue weighted by Crippen LogP contribution is 2.44. The van der Waals surface area contributed by atoms with E-state index < -0.39 is 35.8 Å². The van der Waals surface area contributed by atoms with Crippen LogP contribution >= 0.6 is 0 Å². The molecule has 15 nitrogen and oxygen atoms in total. The molecule has 0 aromatic heterocycles. The number of carbonyl (C=O) groups excluding carboxylic acids is 5. The van der Waals surface area contributed by atoms with Gasteiger partial charge < -0.3 is 39.1 Å². The van der Waals surface area contributed by atoms with E-state index in [1.54, 1.807) is 18.2 Å². The smallest absolute Gasteiger partial charge is 0.407 e. The van der Waals surface area contributed by atoms with Crippen LogP contribution in [-0.4, -0.2) is 126 Å². The van der Waals surface area contributed by atoms with Gasteiger partial charge in [0.1, 0.15) is 12.6 Å². The molecule has 2 heterocycles. The highest BCUT2D eigenvalue weighted by atomic mass is 16.6. The number of benzene rings is 3. The Hall–Kier alpha value is -5.19. The Morgan fingerprint density at radius 2 is 1.23 bits per heavy atom. The number of nitrogens with one attached hydrogen (secondary N) is 3. The lowest BCUT2D eigenvalue weighted by molar-refractivity contribution is -0.136. The summed E-state index contributed by atoms with van der Waals surface area (Å²) in [5, 5.41) is 8.12. The van der Waals surface area contributed by atoms with Crippen molar-refractivity contribution >= 4 is 35.4 Å². The molecule has 6 rings (SSSR count). The van der Waals surface area contributed by atoms with Crippen molar-refractivity contribution in [1.29, 1.82) is 0 Å². The summed E-state index contributed by atoms with van der Waals surface area (Å²) in [4.78, 5) is 63.2. The van der Waals surface area contributed by atoms with Crippen LogP contribution in [0.25, 0.3) is 11.1 Å². The van der Waals surface area contributed by atoms with Gasteiger partial charge in [-0.3, -0.25) is 29.4 Å². The van der Waals surface area contributed by atoms with E-state index in [0.29, 0.717) is 91.3 Å². The number of nitrogens with zero attached hydrogens (tertiary/aromatic N) is 1. The van der Waals surface area contributed by atoms with Crippen molar-refractivity contribution in [3.63, 3.8) is 0 Å². The maximum Gasteiger partial charge on any atom is 0.407 e. The minimum Gasteiger partial charge on any atom is -0.449 e. The molecule has 1 aliphatic carbocycles. The monoisotopic (exact) mass is 772 g/mol. The number of fused-ring (bicyclic) bond motifs is 4. The predicted octanol–water partition coefficient (Wildman–Crippen LogP) is 3.51. The third-order valence-corrected chi connectivity index (χ3v) is 9.60. The molecular formula is C41H48N4O11. The van der Waals surface area contributed by atoms with E-state index in [9.17, 15) is 24.0 Å². The Labute approximate surface area is 325 Å². The number of hydrogen-bond donors (Lipinski definition) is 3. The Morgan fingerprint density at radius 3 is 1.86 bits per heavy atom. The van der Waals surface area contributed by atoms with Crippen LogP contribution in [-0.2, 0) is 38.0 Å². The predicted molar refractivity (Wildman–Crippen MR) is 203 cm³/mol. The van der Waals surface area contributed by atoms with Gasteiger partial charge in [-0.2, -0.15) is 0 Å². The van der Waals surface area contributed by atoms with Crippen LogP contribution in [0.4, 0.5) is 10.5 Å². The van der Waals surface area contributed by atoms with Crippen molar-refractivity contribution < 1.29 is 52.4 Å². The maximum absolute atomic E-state index is 13.2. The first-order chi connectivity index (χ1) is 27.4. The van der Waals surface area contributed by atoms with Gasteiger partial charge in [0, 0.05) is 37.7 Å². The molecule has 3 N–H and O–H groups in total. The van der Waals surface area contributed by atoms with Crippen molar-refractivity contribution in [3.8, 4) is 11.1 Å². The van der Waals surface area contributed by atoms with Crippen LogP contribution in [0, 0.1) is 0 Å². The van der Waals surface area contributed by atoms with E-state index in [1.165, 1.54) is 22.3 Å². The number of hydrogen-bond acceptors (Lipinski definition) is 12. The number of alkyl carbamates (subject to hydrolysis) is 1. The van der Waals surface area contributed by atoms with Crippen molar-refractivity contribution in [3.05, 3.63) is 89.0 Å². The van der Waals surface area contributed by atoms with Gasteiger partial charge in [-0.1, -0.05) is 54.6 Å². The second-order valence-corrected chi connectivity index (χ2v) is 13.3. The molecule has 15 heteroatoms. The molecule has 3 aromatic rings. The lowest BCUT2D eigenvalue weighted by Gasteiger charge is -2.27. The molecule has 0 bridgehead atoms. The van der Waals surface area contributed by atoms with Gasteiger partial charge in [-0.15, -0.1) is 0 Å². The van der Waals surface area contributed by atoms with E-state index in [0.717, 1.165) is 4.90 Å². The molecule has 56 heavy (non-hydrogen) atoms. The number of piperidine rings is 1. The average Bonchev–Trinajstić information content (AvgIpc) is 3.66. The van der Waals surface area contributed by atoms with E-state index in [4.69, 9.17) is 28.4 Å². The van der Waals surface area contributed by atoms with Crippen LogP contribution < -0.4 is 16.0 Å². The summed E-state index contributed by atoms with van der Waals surface area (Å²) in [5.74, 6) is -2.15. The van der Waals surface area contributed by atoms with Gasteiger partial charge in [0.25, 0.3) is 11.8 Å². The third-order valence-electron chi connectivity index (χ3n) is 9.60. The van der Waals surface area contributed by atoms with E-state index in [1.807, 2.05) is 24.3 Å². The Bertz CT molecular complexity index is 1810. The standard InChI is InChI=1S/C41H48N4O11/c46-36-14-13-35(38(47)44-36)45-39(48)32-11-5-12-34(37(32)40(45)49)42-16-18-52-20-22-54-24-26-55-25-23-53-21-19-51-17-6-15-43-41(50)56-27-33-30-9-3-1-7-28(30)29-8-2-4-10-31(29)33/h1-5,7-12,33,35,42H,6,13-27H2,(H,43,50)(H,44,46,47). The highest BCUT2D eigenvalue weighted by molar-refractivity contribution is 6.25. The van der Waals surface area contributed by atoms with Crippen LogP contribution in [0.1, 0.15) is 57.0 Å². The number of ether oxygens (including phenoxy) is 6. The SMILES string of the molecule is O=C1CCC(N2C(=O)c3cccc(NCCOCCOCCOCCOCCOCCCNC(=O)OCC4c5ccccc5-c5ccccc54)c3C2=O)C(=O)N1. The zero-order chi connectivity index (χ0) is 39.1. The van der Waals surface area contributed by atoms with E-state index in [2.05, 4.69) is 40.2 Å². The minimum absolute atomic E-state index is 0.0312. The van der Waals surface area contributed by atoms with Crippen molar-refractivity contribution in [1.82, 2.24) is 15.5 Å². The fourth-order valence-corrected chi connectivity index (χ4v) is 6.92. The lowest BCUT2D eigenvalue weighted by Crippen LogP contribution is -2.54. The summed E-state index contributed by atoms with van der Waals surface area (Å²) in [6, 6.07) is 20.4. The average molecular weight is 773 g/mol. The second-order valence-electron chi connectivity index (χ2n) is 13.3. The van der Waals surface area contributed by atoms with Gasteiger partial charge >= 0.3 is 6.09 Å². The molecule has 3 aliphatic rings. The fourth-order valence-electron chi connectivity index (χ4n) is 6.92. The first-order valence-electron chi connectivity index (χ1n) is 19.0. The molecule has 1 saturated heterocycles. The third kappa shape index (κ3) is 10.4. The molecule has 1 atom stereocenters. The number of amides is 5. The fraction of sp³-hybridized carbons (Fsp3) is 0.439. The van der Waals surface area contributed by atoms with Crippen molar-refractivity contribution in [2.75, 3.05) is 91.1 Å². The molecule has 1 unspecified atom stereocenters. The molecule has 1 fully saturated rings. The number of carbonyl (C=O) groups is 5. The molecule has 3 aromatic carbocycles. The summed E-state index contributed by atoms with van der Waals surface area (Å²) in [5.41, 5.74) is 5.65. The van der Waals surface area contributed by atoms with Crippen molar-refractivity contribution in [2.45, 2.75) is 31.2 Å². The molecule has 0 saturated carbocycles. The number of imide groups is 2. The quantitative estimate of drug-likeness (QED) is 0.0945. The van der Waals surface area contributed by atoms with Crippen molar-refractivity contribution in [2.24, 2.45) is 0 Å². The molecule has 298 valence electrons. The maximum atomic E-state index is 13.2. The van der Waals surface area contributed by atoms with E-state index in [-0.39, 0.29) is 36.5 Å². The summed E-state index contributed by atoms with van der Waals surface area (Å²) in [6.07, 6.45) is 0.386. The highest BCUT2D eigenvalue weighted by Gasteiger charge is 2.45. The molecule has 2 aliphatic heterocycles. The van der Waals surface area contributed by atoms with Crippen LogP contribution in [0.2, 0.25) is 0 Å². The molecule has 0 spiro atoms. The number of rotatable bonds is 23. The summed E-state index contributed by atoms with van der Waals surface area (Å²) < 4.78 is 33.3. The van der Waals surface area contributed by atoms with Crippen LogP contribution in [0.3, 0.4) is 0 Å². The summed E-state index contributed by atoms with van der Waals surface area (Å²) in [7, 11) is 0. The number of anilines is 1. The van der Waals surface area contributed by atoms with Gasteiger partial charge in [-0.05, 0) is 47.2 Å². The normalized spacial score (nSPS) is 16.1. The largest absolute Gasteiger partial charge is 0.449 e. The minimum atomic E-state index is -1.01. The lowest BCUT2D eigenvalue weighted by atomic mass is 9.98.